The van der Waals surface area contributed by atoms with Crippen molar-refractivity contribution < 1.29 is 9.53 Å². The van der Waals surface area contributed by atoms with Crippen LogP contribution in [-0.2, 0) is 9.53 Å². The lowest BCUT2D eigenvalue weighted by molar-refractivity contribution is -0.153. The normalized spacial score (nSPS) is 19.1. The topological polar surface area (TPSA) is 26.3 Å². The Morgan fingerprint density at radius 3 is 2.47 bits per heavy atom. The van der Waals surface area contributed by atoms with Gasteiger partial charge in [0, 0.05) is 5.33 Å². The lowest BCUT2D eigenvalue weighted by atomic mass is 9.81. The molecule has 1 rings (SSSR count). The van der Waals surface area contributed by atoms with E-state index in [1.54, 1.807) is 0 Å². The first-order valence-electron chi connectivity index (χ1n) is 5.89. The Labute approximate surface area is 101 Å². The van der Waals surface area contributed by atoms with E-state index in [4.69, 9.17) is 4.74 Å². The molecule has 0 heterocycles. The number of carbonyl (C=O) groups excluding carboxylic acids is 1. The summed E-state index contributed by atoms with van der Waals surface area (Å²) in [5.41, 5.74) is -0.124. The zero-order valence-electron chi connectivity index (χ0n) is 9.56. The van der Waals surface area contributed by atoms with Crippen LogP contribution in [0.25, 0.3) is 0 Å². The van der Waals surface area contributed by atoms with Gasteiger partial charge in [-0.3, -0.25) is 4.79 Å². The number of methoxy groups -OCH3 is 1. The van der Waals surface area contributed by atoms with Gasteiger partial charge in [-0.1, -0.05) is 41.6 Å². The highest BCUT2D eigenvalue weighted by Gasteiger charge is 2.41. The summed E-state index contributed by atoms with van der Waals surface area (Å²) in [6.45, 7) is 0. The molecule has 1 saturated carbocycles. The summed E-state index contributed by atoms with van der Waals surface area (Å²) in [7, 11) is 1.51. The second-order valence-electron chi connectivity index (χ2n) is 4.48. The molecule has 3 heteroatoms. The van der Waals surface area contributed by atoms with Crippen molar-refractivity contribution in [2.24, 2.45) is 5.41 Å². The molecule has 0 aliphatic heterocycles. The zero-order chi connectivity index (χ0) is 11.1. The first kappa shape index (κ1) is 13.0. The molecule has 0 aromatic heterocycles. The van der Waals surface area contributed by atoms with Crippen LogP contribution in [0.2, 0.25) is 0 Å². The average molecular weight is 277 g/mol. The number of carbonyl (C=O) groups is 1. The molecule has 0 N–H and O–H groups in total. The number of hydrogen-bond donors (Lipinski definition) is 0. The van der Waals surface area contributed by atoms with Crippen molar-refractivity contribution in [1.29, 1.82) is 0 Å². The van der Waals surface area contributed by atoms with Gasteiger partial charge in [0.2, 0.25) is 0 Å². The van der Waals surface area contributed by atoms with Gasteiger partial charge in [-0.25, -0.2) is 0 Å². The summed E-state index contributed by atoms with van der Waals surface area (Å²) in [6, 6.07) is 0. The van der Waals surface area contributed by atoms with Crippen molar-refractivity contribution in [3.63, 3.8) is 0 Å². The molecule has 0 radical (unpaired) electrons. The second-order valence-corrected chi connectivity index (χ2v) is 5.27. The molecule has 0 aromatic carbocycles. The molecule has 0 bridgehead atoms. The van der Waals surface area contributed by atoms with E-state index in [0.717, 1.165) is 31.0 Å². The lowest BCUT2D eigenvalue weighted by Crippen LogP contribution is -2.29. The Kier molecular flexibility index (Phi) is 5.65. The van der Waals surface area contributed by atoms with E-state index in [2.05, 4.69) is 15.9 Å². The lowest BCUT2D eigenvalue weighted by Gasteiger charge is -2.25. The van der Waals surface area contributed by atoms with Gasteiger partial charge in [0.05, 0.1) is 12.5 Å². The van der Waals surface area contributed by atoms with Crippen LogP contribution < -0.4 is 0 Å². The maximum absolute atomic E-state index is 11.8. The van der Waals surface area contributed by atoms with Gasteiger partial charge in [0.25, 0.3) is 0 Å². The Balaban J connectivity index is 2.40. The van der Waals surface area contributed by atoms with Crippen molar-refractivity contribution in [2.45, 2.75) is 51.4 Å². The van der Waals surface area contributed by atoms with Crippen molar-refractivity contribution in [2.75, 3.05) is 12.4 Å². The van der Waals surface area contributed by atoms with Crippen LogP contribution in [0.1, 0.15) is 51.4 Å². The summed E-state index contributed by atoms with van der Waals surface area (Å²) in [5, 5.41) is 1.07. The molecule has 1 aliphatic rings. The summed E-state index contributed by atoms with van der Waals surface area (Å²) in [6.07, 6.45) is 9.04. The molecule has 2 nitrogen and oxygen atoms in total. The Morgan fingerprint density at radius 1 is 1.27 bits per heavy atom. The number of alkyl halides is 1. The maximum atomic E-state index is 11.8. The van der Waals surface area contributed by atoms with Crippen molar-refractivity contribution in [1.82, 2.24) is 0 Å². The fraction of sp³-hybridized carbons (Fsp3) is 0.917. The molecule has 1 aliphatic carbocycles. The number of unbranched alkanes of at least 4 members (excludes halogenated alkanes) is 2. The second kappa shape index (κ2) is 6.51. The minimum absolute atomic E-state index is 0.0267. The van der Waals surface area contributed by atoms with E-state index in [-0.39, 0.29) is 11.4 Å². The highest BCUT2D eigenvalue weighted by atomic mass is 79.9. The minimum atomic E-state index is -0.124. The van der Waals surface area contributed by atoms with Crippen LogP contribution >= 0.6 is 15.9 Å². The third-order valence-electron chi connectivity index (χ3n) is 3.47. The number of ether oxygens (including phenoxy) is 1. The summed E-state index contributed by atoms with van der Waals surface area (Å²) < 4.78 is 4.95. The smallest absolute Gasteiger partial charge is 0.311 e. The molecule has 0 aromatic rings. The van der Waals surface area contributed by atoms with E-state index in [9.17, 15) is 4.79 Å². The number of esters is 1. The Morgan fingerprint density at radius 2 is 1.93 bits per heavy atom. The summed E-state index contributed by atoms with van der Waals surface area (Å²) in [4.78, 5) is 11.8. The van der Waals surface area contributed by atoms with Crippen LogP contribution in [0.5, 0.6) is 0 Å². The van der Waals surface area contributed by atoms with Gasteiger partial charge >= 0.3 is 5.97 Å². The quantitative estimate of drug-likeness (QED) is 0.420. The van der Waals surface area contributed by atoms with Crippen molar-refractivity contribution >= 4 is 21.9 Å². The van der Waals surface area contributed by atoms with Gasteiger partial charge in [-0.15, -0.1) is 0 Å². The fourth-order valence-electron chi connectivity index (χ4n) is 2.56. The molecule has 88 valence electrons. The third kappa shape index (κ3) is 3.47. The average Bonchev–Trinajstić information content (AvgIpc) is 2.73. The number of halogens is 1. The number of hydrogen-bond acceptors (Lipinski definition) is 2. The maximum Gasteiger partial charge on any atom is 0.311 e. The van der Waals surface area contributed by atoms with Gasteiger partial charge in [0.15, 0.2) is 0 Å². The predicted octanol–water partition coefficient (Wildman–Crippen LogP) is 3.68. The molecule has 0 amide bonds. The van der Waals surface area contributed by atoms with Crippen molar-refractivity contribution in [3.05, 3.63) is 0 Å². The van der Waals surface area contributed by atoms with Gasteiger partial charge in [-0.2, -0.15) is 0 Å². The monoisotopic (exact) mass is 276 g/mol. The first-order chi connectivity index (χ1) is 7.25. The van der Waals surface area contributed by atoms with E-state index in [0.29, 0.717) is 0 Å². The molecule has 0 spiro atoms. The Hall–Kier alpha value is -0.0500. The van der Waals surface area contributed by atoms with Gasteiger partial charge in [-0.05, 0) is 25.7 Å². The molecule has 0 saturated heterocycles. The van der Waals surface area contributed by atoms with E-state index in [1.807, 2.05) is 0 Å². The molecule has 0 atom stereocenters. The molecular weight excluding hydrogens is 256 g/mol. The molecule has 1 fully saturated rings. The fourth-order valence-corrected chi connectivity index (χ4v) is 2.96. The minimum Gasteiger partial charge on any atom is -0.469 e. The Bertz CT molecular complexity index is 198. The van der Waals surface area contributed by atoms with E-state index in [1.165, 1.54) is 32.8 Å². The highest BCUT2D eigenvalue weighted by Crippen LogP contribution is 2.43. The first-order valence-corrected chi connectivity index (χ1v) is 7.02. The zero-order valence-corrected chi connectivity index (χ0v) is 11.1. The summed E-state index contributed by atoms with van der Waals surface area (Å²) in [5.74, 6) is 0.0267. The van der Waals surface area contributed by atoms with Crippen LogP contribution in [0.15, 0.2) is 0 Å². The van der Waals surface area contributed by atoms with Gasteiger partial charge < -0.3 is 4.74 Å². The molecule has 0 unspecified atom stereocenters. The van der Waals surface area contributed by atoms with Crippen LogP contribution in [0.3, 0.4) is 0 Å². The van der Waals surface area contributed by atoms with E-state index < -0.39 is 0 Å². The summed E-state index contributed by atoms with van der Waals surface area (Å²) >= 11 is 3.43. The third-order valence-corrected chi connectivity index (χ3v) is 4.03. The highest BCUT2D eigenvalue weighted by molar-refractivity contribution is 9.09. The van der Waals surface area contributed by atoms with Crippen LogP contribution in [-0.4, -0.2) is 18.4 Å². The predicted molar refractivity (Wildman–Crippen MR) is 65.2 cm³/mol. The van der Waals surface area contributed by atoms with E-state index >= 15 is 0 Å². The number of rotatable bonds is 6. The molecular formula is C12H21BrO2. The van der Waals surface area contributed by atoms with Crippen LogP contribution in [0.4, 0.5) is 0 Å². The molecule has 15 heavy (non-hydrogen) atoms. The van der Waals surface area contributed by atoms with Gasteiger partial charge in [0.1, 0.15) is 0 Å². The SMILES string of the molecule is COC(=O)C1(CCCCCBr)CCCC1. The largest absolute Gasteiger partial charge is 0.469 e. The van der Waals surface area contributed by atoms with Crippen LogP contribution in [0, 0.1) is 5.41 Å². The standard InChI is InChI=1S/C12H21BrO2/c1-15-11(14)12(8-4-5-9-12)7-3-2-6-10-13/h2-10H2,1H3. The van der Waals surface area contributed by atoms with Crippen molar-refractivity contribution in [3.8, 4) is 0 Å².